The zero-order valence-electron chi connectivity index (χ0n) is 13.8. The van der Waals surface area contributed by atoms with Crippen LogP contribution in [0.2, 0.25) is 0 Å². The second-order valence-corrected chi connectivity index (χ2v) is 5.69. The molecule has 5 nitrogen and oxygen atoms in total. The monoisotopic (exact) mass is 327 g/mol. The molecule has 0 fully saturated rings. The fourth-order valence-electron chi connectivity index (χ4n) is 2.23. The summed E-state index contributed by atoms with van der Waals surface area (Å²) in [6, 6.07) is 17.1. The van der Waals surface area contributed by atoms with Crippen LogP contribution in [0.3, 0.4) is 0 Å². The molecule has 0 spiro atoms. The fourth-order valence-corrected chi connectivity index (χ4v) is 2.23. The second kappa shape index (κ2) is 7.64. The summed E-state index contributed by atoms with van der Waals surface area (Å²) < 4.78 is 5.62. The van der Waals surface area contributed by atoms with E-state index in [1.807, 2.05) is 48.5 Å². The predicted molar refractivity (Wildman–Crippen MR) is 91.8 cm³/mol. The van der Waals surface area contributed by atoms with Crippen LogP contribution < -0.4 is 10.1 Å². The molecule has 1 amide bonds. The van der Waals surface area contributed by atoms with Gasteiger partial charge in [0.1, 0.15) is 11.3 Å². The highest BCUT2D eigenvalue weighted by Gasteiger charge is 2.32. The maximum atomic E-state index is 12.0. The van der Waals surface area contributed by atoms with Crippen LogP contribution in [0.15, 0.2) is 54.6 Å². The van der Waals surface area contributed by atoms with Crippen LogP contribution >= 0.6 is 0 Å². The van der Waals surface area contributed by atoms with E-state index < -0.39 is 17.4 Å². The molecule has 2 aromatic rings. The second-order valence-electron chi connectivity index (χ2n) is 5.69. The van der Waals surface area contributed by atoms with Crippen LogP contribution in [0.25, 0.3) is 11.1 Å². The van der Waals surface area contributed by atoms with Gasteiger partial charge in [-0.1, -0.05) is 55.5 Å². The molecule has 1 atom stereocenters. The summed E-state index contributed by atoms with van der Waals surface area (Å²) >= 11 is 0. The molecule has 0 heterocycles. The van der Waals surface area contributed by atoms with Crippen molar-refractivity contribution in [1.29, 1.82) is 0 Å². The van der Waals surface area contributed by atoms with E-state index in [2.05, 4.69) is 5.32 Å². The van der Waals surface area contributed by atoms with Crippen molar-refractivity contribution in [2.24, 2.45) is 0 Å². The lowest BCUT2D eigenvalue weighted by Gasteiger charge is -2.24. The minimum atomic E-state index is -1.29. The van der Waals surface area contributed by atoms with E-state index in [4.69, 9.17) is 4.74 Å². The normalized spacial score (nSPS) is 12.9. The first-order valence-corrected chi connectivity index (χ1v) is 7.78. The largest absolute Gasteiger partial charge is 0.483 e. The third kappa shape index (κ3) is 4.13. The molecular weight excluding hydrogens is 306 g/mol. The fraction of sp³-hybridized carbons (Fsp3) is 0.263. The standard InChI is InChI=1S/C19H21NO4/c1-3-19(2,18(22)23)20-17(21)13-24-16-12-8-7-11-15(16)14-9-5-4-6-10-14/h4-12H,3,13H2,1-2H3,(H,20,21)(H,22,23). The van der Waals surface area contributed by atoms with Crippen LogP contribution in [0, 0.1) is 0 Å². The number of nitrogens with one attached hydrogen (secondary N) is 1. The Morgan fingerprint density at radius 2 is 1.71 bits per heavy atom. The highest BCUT2D eigenvalue weighted by molar-refractivity contribution is 5.87. The minimum Gasteiger partial charge on any atom is -0.483 e. The molecule has 0 bridgehead atoms. The Hall–Kier alpha value is -2.82. The Morgan fingerprint density at radius 1 is 1.08 bits per heavy atom. The summed E-state index contributed by atoms with van der Waals surface area (Å²) in [7, 11) is 0. The smallest absolute Gasteiger partial charge is 0.329 e. The highest BCUT2D eigenvalue weighted by Crippen LogP contribution is 2.29. The number of amides is 1. The van der Waals surface area contributed by atoms with Crippen LogP contribution in [0.1, 0.15) is 20.3 Å². The van der Waals surface area contributed by atoms with Crippen LogP contribution in [-0.2, 0) is 9.59 Å². The molecule has 1 unspecified atom stereocenters. The summed E-state index contributed by atoms with van der Waals surface area (Å²) in [6.45, 7) is 2.94. The van der Waals surface area contributed by atoms with Crippen LogP contribution in [0.4, 0.5) is 0 Å². The molecule has 126 valence electrons. The van der Waals surface area contributed by atoms with Crippen molar-refractivity contribution in [3.63, 3.8) is 0 Å². The number of hydrogen-bond acceptors (Lipinski definition) is 3. The molecule has 5 heteroatoms. The zero-order valence-corrected chi connectivity index (χ0v) is 13.8. The van der Waals surface area contributed by atoms with Gasteiger partial charge in [0, 0.05) is 5.56 Å². The lowest BCUT2D eigenvalue weighted by Crippen LogP contribution is -2.53. The number of ether oxygens (including phenoxy) is 1. The Morgan fingerprint density at radius 3 is 2.33 bits per heavy atom. The maximum absolute atomic E-state index is 12.0. The number of carbonyl (C=O) groups excluding carboxylic acids is 1. The third-order valence-electron chi connectivity index (χ3n) is 3.93. The zero-order chi connectivity index (χ0) is 17.6. The topological polar surface area (TPSA) is 75.6 Å². The summed E-state index contributed by atoms with van der Waals surface area (Å²) in [5.74, 6) is -0.958. The molecule has 0 aromatic heterocycles. The van der Waals surface area contributed by atoms with Gasteiger partial charge in [-0.25, -0.2) is 4.79 Å². The Kier molecular flexibility index (Phi) is 5.58. The maximum Gasteiger partial charge on any atom is 0.329 e. The Balaban J connectivity index is 2.08. The molecule has 24 heavy (non-hydrogen) atoms. The van der Waals surface area contributed by atoms with E-state index in [1.165, 1.54) is 6.92 Å². The molecule has 2 rings (SSSR count). The minimum absolute atomic E-state index is 0.243. The predicted octanol–water partition coefficient (Wildman–Crippen LogP) is 3.10. The number of para-hydroxylation sites is 1. The Bertz CT molecular complexity index is 714. The van der Waals surface area contributed by atoms with Crippen molar-refractivity contribution in [2.75, 3.05) is 6.61 Å². The first kappa shape index (κ1) is 17.5. The Labute approximate surface area is 141 Å². The van der Waals surface area contributed by atoms with Gasteiger partial charge in [0.15, 0.2) is 6.61 Å². The van der Waals surface area contributed by atoms with Gasteiger partial charge in [-0.2, -0.15) is 0 Å². The van der Waals surface area contributed by atoms with Gasteiger partial charge in [0.05, 0.1) is 0 Å². The molecule has 0 radical (unpaired) electrons. The van der Waals surface area contributed by atoms with Crippen LogP contribution in [-0.4, -0.2) is 29.1 Å². The van der Waals surface area contributed by atoms with E-state index in [9.17, 15) is 14.7 Å². The molecule has 0 aliphatic carbocycles. The summed E-state index contributed by atoms with van der Waals surface area (Å²) in [6.07, 6.45) is 0.286. The van der Waals surface area contributed by atoms with E-state index in [0.717, 1.165) is 11.1 Å². The van der Waals surface area contributed by atoms with E-state index in [0.29, 0.717) is 5.75 Å². The van der Waals surface area contributed by atoms with Gasteiger partial charge in [-0.05, 0) is 25.0 Å². The SMILES string of the molecule is CCC(C)(NC(=O)COc1ccccc1-c1ccccc1)C(=O)O. The van der Waals surface area contributed by atoms with E-state index in [1.54, 1.807) is 13.0 Å². The molecule has 0 aliphatic heterocycles. The quantitative estimate of drug-likeness (QED) is 0.819. The average Bonchev–Trinajstić information content (AvgIpc) is 2.60. The number of hydrogen-bond donors (Lipinski definition) is 2. The lowest BCUT2D eigenvalue weighted by molar-refractivity contribution is -0.147. The van der Waals surface area contributed by atoms with Crippen molar-refractivity contribution in [3.8, 4) is 16.9 Å². The van der Waals surface area contributed by atoms with Crippen molar-refractivity contribution in [2.45, 2.75) is 25.8 Å². The van der Waals surface area contributed by atoms with E-state index in [-0.39, 0.29) is 13.0 Å². The van der Waals surface area contributed by atoms with Crippen molar-refractivity contribution in [3.05, 3.63) is 54.6 Å². The van der Waals surface area contributed by atoms with Gasteiger partial charge in [-0.15, -0.1) is 0 Å². The van der Waals surface area contributed by atoms with Crippen molar-refractivity contribution >= 4 is 11.9 Å². The summed E-state index contributed by atoms with van der Waals surface area (Å²) in [5, 5.41) is 11.7. The lowest BCUT2D eigenvalue weighted by atomic mass is 9.99. The van der Waals surface area contributed by atoms with Gasteiger partial charge >= 0.3 is 5.97 Å². The molecule has 0 aliphatic rings. The first-order chi connectivity index (χ1) is 11.5. The third-order valence-corrected chi connectivity index (χ3v) is 3.93. The molecule has 0 saturated carbocycles. The number of carboxylic acid groups (broad SMARTS) is 1. The van der Waals surface area contributed by atoms with Crippen molar-refractivity contribution in [1.82, 2.24) is 5.32 Å². The highest BCUT2D eigenvalue weighted by atomic mass is 16.5. The number of rotatable bonds is 7. The average molecular weight is 327 g/mol. The number of benzene rings is 2. The molecule has 2 N–H and O–H groups in total. The van der Waals surface area contributed by atoms with Gasteiger partial charge in [0.25, 0.3) is 5.91 Å². The summed E-state index contributed by atoms with van der Waals surface area (Å²) in [4.78, 5) is 23.3. The van der Waals surface area contributed by atoms with Crippen LogP contribution in [0.5, 0.6) is 5.75 Å². The molecular formula is C19H21NO4. The number of aliphatic carboxylic acids is 1. The first-order valence-electron chi connectivity index (χ1n) is 7.78. The molecule has 0 saturated heterocycles. The van der Waals surface area contributed by atoms with Crippen molar-refractivity contribution < 1.29 is 19.4 Å². The van der Waals surface area contributed by atoms with E-state index >= 15 is 0 Å². The summed E-state index contributed by atoms with van der Waals surface area (Å²) in [5.41, 5.74) is 0.569. The number of carbonyl (C=O) groups is 2. The number of carboxylic acids is 1. The van der Waals surface area contributed by atoms with Gasteiger partial charge in [0.2, 0.25) is 0 Å². The van der Waals surface area contributed by atoms with Gasteiger partial charge in [-0.3, -0.25) is 4.79 Å². The van der Waals surface area contributed by atoms with Gasteiger partial charge < -0.3 is 15.2 Å². The molecule has 2 aromatic carbocycles.